The van der Waals surface area contributed by atoms with Gasteiger partial charge in [-0.05, 0) is 101 Å². The zero-order valence-corrected chi connectivity index (χ0v) is 31.0. The average molecular weight is 745 g/mol. The predicted octanol–water partition coefficient (Wildman–Crippen LogP) is 7.60. The molecule has 2 spiro atoms. The molecule has 0 saturated heterocycles. The van der Waals surface area contributed by atoms with Gasteiger partial charge < -0.3 is 20.2 Å². The Bertz CT molecular complexity index is 1910. The van der Waals surface area contributed by atoms with Crippen LogP contribution in [0, 0.1) is 13.8 Å². The number of aliphatic imine (C=N–C) groups is 2. The molecule has 3 aromatic carbocycles. The number of carboxylic acids is 1. The topological polar surface area (TPSA) is 132 Å². The van der Waals surface area contributed by atoms with Crippen molar-refractivity contribution >= 4 is 64.0 Å². The first kappa shape index (κ1) is 37.2. The van der Waals surface area contributed by atoms with Crippen molar-refractivity contribution in [2.45, 2.75) is 89.4 Å². The van der Waals surface area contributed by atoms with Crippen LogP contribution >= 0.6 is 23.2 Å². The van der Waals surface area contributed by atoms with Gasteiger partial charge in [-0.25, -0.2) is 0 Å². The van der Waals surface area contributed by atoms with Gasteiger partial charge in [0, 0.05) is 26.9 Å². The number of anilines is 1. The summed E-state index contributed by atoms with van der Waals surface area (Å²) in [6, 6.07) is 20.0. The standard InChI is InChI=1S/C24H26ClN3O2.C16H17ClN2O3/c1-16-6-11-20(17(2)14-16)26-21(29)15-28-23(30)22(18-7-9-19(25)10-8-18)27-24(28)12-4-3-5-13-24;17-12-6-4-11(5-7-12)14-15(22)19(10-13(20)21)16(18-14)8-2-1-3-9-16/h6-11,14H,3-5,12-13,15H2,1-2H3,(H,26,29);4-7H,1-3,8-10H2,(H,20,21). The number of halogens is 2. The number of nitrogens with one attached hydrogen (secondary N) is 1. The minimum absolute atomic E-state index is 0.00720. The summed E-state index contributed by atoms with van der Waals surface area (Å²) in [5.74, 6) is -1.69. The molecule has 2 heterocycles. The summed E-state index contributed by atoms with van der Waals surface area (Å²) in [5.41, 5.74) is 3.82. The Hall–Kier alpha value is -4.54. The third-order valence-electron chi connectivity index (χ3n) is 10.3. The van der Waals surface area contributed by atoms with Crippen LogP contribution in [0.3, 0.4) is 0 Å². The van der Waals surface area contributed by atoms with Crippen LogP contribution in [-0.4, -0.2) is 74.4 Å². The zero-order chi connectivity index (χ0) is 37.0. The SMILES string of the molecule is Cc1ccc(NC(=O)CN2C(=O)C(c3ccc(Cl)cc3)=NC23CCCCC3)c(C)c1.O=C(O)CN1C(=O)C(c2ccc(Cl)cc2)=NC12CCCCC2. The molecule has 12 heteroatoms. The predicted molar refractivity (Wildman–Crippen MR) is 203 cm³/mol. The molecule has 0 aromatic heterocycles. The first-order valence-corrected chi connectivity index (χ1v) is 18.6. The van der Waals surface area contributed by atoms with E-state index in [-0.39, 0.29) is 30.8 Å². The fourth-order valence-electron chi connectivity index (χ4n) is 7.72. The van der Waals surface area contributed by atoms with Crippen LogP contribution in [0.5, 0.6) is 0 Å². The minimum atomic E-state index is -1.01. The van der Waals surface area contributed by atoms with E-state index in [4.69, 9.17) is 33.3 Å². The average Bonchev–Trinajstić information content (AvgIpc) is 3.52. The van der Waals surface area contributed by atoms with E-state index >= 15 is 0 Å². The Morgan fingerprint density at radius 3 is 1.56 bits per heavy atom. The Balaban J connectivity index is 0.000000187. The first-order chi connectivity index (χ1) is 24.9. The van der Waals surface area contributed by atoms with Gasteiger partial charge in [-0.1, -0.05) is 78.0 Å². The monoisotopic (exact) mass is 743 g/mol. The number of aryl methyl sites for hydroxylation is 2. The summed E-state index contributed by atoms with van der Waals surface area (Å²) in [7, 11) is 0. The summed E-state index contributed by atoms with van der Waals surface area (Å²) >= 11 is 11.9. The van der Waals surface area contributed by atoms with Crippen LogP contribution in [0.15, 0.2) is 76.7 Å². The molecule has 2 saturated carbocycles. The molecule has 2 aliphatic heterocycles. The van der Waals surface area contributed by atoms with Crippen LogP contribution in [0.4, 0.5) is 5.69 Å². The second kappa shape index (κ2) is 15.6. The number of aliphatic carboxylic acids is 1. The summed E-state index contributed by atoms with van der Waals surface area (Å²) in [5, 5.41) is 13.3. The number of carbonyl (C=O) groups excluding carboxylic acids is 3. The third-order valence-corrected chi connectivity index (χ3v) is 10.8. The van der Waals surface area contributed by atoms with Gasteiger partial charge in [0.05, 0.1) is 0 Å². The lowest BCUT2D eigenvalue weighted by Crippen LogP contribution is -2.51. The van der Waals surface area contributed by atoms with Crippen LogP contribution in [0.1, 0.15) is 86.5 Å². The lowest BCUT2D eigenvalue weighted by atomic mass is 9.88. The molecule has 4 aliphatic rings. The maximum atomic E-state index is 13.3. The van der Waals surface area contributed by atoms with E-state index in [1.165, 1.54) is 4.90 Å². The highest BCUT2D eigenvalue weighted by Crippen LogP contribution is 2.41. The number of benzene rings is 3. The molecule has 2 N–H and O–H groups in total. The van der Waals surface area contributed by atoms with Crippen molar-refractivity contribution in [1.29, 1.82) is 0 Å². The normalized spacial score (nSPS) is 18.9. The number of hydrogen-bond donors (Lipinski definition) is 2. The number of amides is 3. The number of carboxylic acid groups (broad SMARTS) is 1. The fraction of sp³-hybridized carbons (Fsp3) is 0.400. The molecule has 0 radical (unpaired) electrons. The quantitative estimate of drug-likeness (QED) is 0.257. The molecule has 2 fully saturated rings. The summed E-state index contributed by atoms with van der Waals surface area (Å²) < 4.78 is 0. The van der Waals surface area contributed by atoms with Gasteiger partial charge in [-0.15, -0.1) is 0 Å². The van der Waals surface area contributed by atoms with E-state index in [1.807, 2.05) is 44.2 Å². The summed E-state index contributed by atoms with van der Waals surface area (Å²) in [4.78, 5) is 62.8. The molecule has 0 bridgehead atoms. The van der Waals surface area contributed by atoms with Gasteiger partial charge in [-0.3, -0.25) is 29.2 Å². The molecule has 0 unspecified atom stereocenters. The van der Waals surface area contributed by atoms with E-state index in [0.29, 0.717) is 27.0 Å². The van der Waals surface area contributed by atoms with Crippen LogP contribution in [0.25, 0.3) is 0 Å². The number of carbonyl (C=O) groups is 4. The minimum Gasteiger partial charge on any atom is -0.480 e. The van der Waals surface area contributed by atoms with Crippen molar-refractivity contribution in [1.82, 2.24) is 9.80 Å². The molecule has 272 valence electrons. The molecule has 52 heavy (non-hydrogen) atoms. The zero-order valence-electron chi connectivity index (χ0n) is 29.5. The molecule has 10 nitrogen and oxygen atoms in total. The second-order valence-corrected chi connectivity index (χ2v) is 14.9. The molecular formula is C40H43Cl2N5O5. The number of rotatable bonds is 7. The van der Waals surface area contributed by atoms with Crippen molar-refractivity contribution in [2.75, 3.05) is 18.4 Å². The van der Waals surface area contributed by atoms with E-state index < -0.39 is 17.3 Å². The highest BCUT2D eigenvalue weighted by molar-refractivity contribution is 6.47. The Kier molecular flexibility index (Phi) is 11.2. The highest BCUT2D eigenvalue weighted by atomic mass is 35.5. The van der Waals surface area contributed by atoms with E-state index in [9.17, 15) is 19.2 Å². The lowest BCUT2D eigenvalue weighted by molar-refractivity contribution is -0.145. The molecule has 3 amide bonds. The van der Waals surface area contributed by atoms with Crippen LogP contribution in [0.2, 0.25) is 10.0 Å². The second-order valence-electron chi connectivity index (χ2n) is 14.1. The van der Waals surface area contributed by atoms with E-state index in [2.05, 4.69) is 10.3 Å². The van der Waals surface area contributed by atoms with Crippen molar-refractivity contribution in [2.24, 2.45) is 9.98 Å². The van der Waals surface area contributed by atoms with Crippen molar-refractivity contribution in [3.63, 3.8) is 0 Å². The van der Waals surface area contributed by atoms with Crippen molar-refractivity contribution in [3.05, 3.63) is 99.0 Å². The van der Waals surface area contributed by atoms with Crippen molar-refractivity contribution < 1.29 is 24.3 Å². The number of hydrogen-bond acceptors (Lipinski definition) is 6. The van der Waals surface area contributed by atoms with E-state index in [0.717, 1.165) is 86.6 Å². The molecule has 0 atom stereocenters. The third kappa shape index (κ3) is 7.93. The summed E-state index contributed by atoms with van der Waals surface area (Å²) in [6.45, 7) is 3.67. The largest absolute Gasteiger partial charge is 0.480 e. The van der Waals surface area contributed by atoms with Gasteiger partial charge in [0.25, 0.3) is 11.8 Å². The van der Waals surface area contributed by atoms with Gasteiger partial charge in [0.2, 0.25) is 5.91 Å². The van der Waals surface area contributed by atoms with Gasteiger partial charge in [0.15, 0.2) is 0 Å². The number of nitrogens with zero attached hydrogens (tertiary/aromatic N) is 4. The van der Waals surface area contributed by atoms with Crippen LogP contribution in [-0.2, 0) is 19.2 Å². The molecule has 2 aliphatic carbocycles. The van der Waals surface area contributed by atoms with Gasteiger partial charge in [-0.2, -0.15) is 0 Å². The molecule has 7 rings (SSSR count). The van der Waals surface area contributed by atoms with E-state index in [1.54, 1.807) is 41.3 Å². The van der Waals surface area contributed by atoms with Crippen molar-refractivity contribution in [3.8, 4) is 0 Å². The Morgan fingerprint density at radius 2 is 1.13 bits per heavy atom. The smallest absolute Gasteiger partial charge is 0.323 e. The maximum Gasteiger partial charge on any atom is 0.323 e. The first-order valence-electron chi connectivity index (χ1n) is 17.8. The Labute approximate surface area is 313 Å². The lowest BCUT2D eigenvalue weighted by Gasteiger charge is -2.38. The van der Waals surface area contributed by atoms with Crippen LogP contribution < -0.4 is 5.32 Å². The van der Waals surface area contributed by atoms with Gasteiger partial charge in [0.1, 0.15) is 35.8 Å². The highest BCUT2D eigenvalue weighted by Gasteiger charge is 2.49. The fourth-order valence-corrected chi connectivity index (χ4v) is 7.97. The summed E-state index contributed by atoms with van der Waals surface area (Å²) in [6.07, 6.45) is 9.17. The Morgan fingerprint density at radius 1 is 0.692 bits per heavy atom. The molecule has 3 aromatic rings. The molecular weight excluding hydrogens is 701 g/mol. The maximum absolute atomic E-state index is 13.3. The van der Waals surface area contributed by atoms with Gasteiger partial charge >= 0.3 is 5.97 Å².